The van der Waals surface area contributed by atoms with E-state index in [-0.39, 0.29) is 30.5 Å². The number of ether oxygens (including phenoxy) is 1. The molecule has 3 nitrogen and oxygen atoms in total. The lowest BCUT2D eigenvalue weighted by Gasteiger charge is -2.21. The molecule has 3 aliphatic rings. The summed E-state index contributed by atoms with van der Waals surface area (Å²) in [5.74, 6) is 1.20. The molecular formula is C9H12O3. The average molecular weight is 168 g/mol. The van der Waals surface area contributed by atoms with Crippen molar-refractivity contribution < 1.29 is 14.6 Å². The van der Waals surface area contributed by atoms with Gasteiger partial charge >= 0.3 is 5.97 Å². The fourth-order valence-corrected chi connectivity index (χ4v) is 3.38. The Labute approximate surface area is 70.7 Å². The Bertz CT molecular complexity index is 236. The molecule has 3 heteroatoms. The number of aliphatic hydroxyl groups is 1. The normalized spacial score (nSPS) is 54.8. The van der Waals surface area contributed by atoms with E-state index < -0.39 is 0 Å². The highest BCUT2D eigenvalue weighted by Gasteiger charge is 2.61. The number of hydrogen-bond acceptors (Lipinski definition) is 3. The third kappa shape index (κ3) is 0.600. The number of carbonyl (C=O) groups is 1. The summed E-state index contributed by atoms with van der Waals surface area (Å²) < 4.78 is 5.22. The van der Waals surface area contributed by atoms with Gasteiger partial charge < -0.3 is 9.84 Å². The summed E-state index contributed by atoms with van der Waals surface area (Å²) in [6.07, 6.45) is 2.31. The molecule has 0 spiro atoms. The minimum atomic E-state index is -0.0518. The number of carbonyl (C=O) groups excluding carboxylic acids is 1. The summed E-state index contributed by atoms with van der Waals surface area (Å²) >= 11 is 0. The van der Waals surface area contributed by atoms with E-state index in [9.17, 15) is 4.79 Å². The summed E-state index contributed by atoms with van der Waals surface area (Å²) in [5, 5.41) is 9.12. The molecule has 0 radical (unpaired) electrons. The van der Waals surface area contributed by atoms with Crippen LogP contribution in [0.5, 0.6) is 0 Å². The molecular weight excluding hydrogens is 156 g/mol. The lowest BCUT2D eigenvalue weighted by Crippen LogP contribution is -2.28. The second-order valence-electron chi connectivity index (χ2n) is 4.24. The Morgan fingerprint density at radius 1 is 1.50 bits per heavy atom. The van der Waals surface area contributed by atoms with Crippen LogP contribution in [0.25, 0.3) is 0 Å². The average Bonchev–Trinajstić information content (AvgIpc) is 2.61. The van der Waals surface area contributed by atoms with Crippen LogP contribution in [-0.4, -0.2) is 23.8 Å². The molecule has 12 heavy (non-hydrogen) atoms. The number of hydrogen-bond donors (Lipinski definition) is 1. The maximum Gasteiger partial charge on any atom is 0.310 e. The van der Waals surface area contributed by atoms with Crippen LogP contribution in [0.2, 0.25) is 0 Å². The minimum Gasteiger partial charge on any atom is -0.462 e. The van der Waals surface area contributed by atoms with E-state index in [4.69, 9.17) is 9.84 Å². The highest BCUT2D eigenvalue weighted by Crippen LogP contribution is 2.57. The van der Waals surface area contributed by atoms with Crippen molar-refractivity contribution in [2.45, 2.75) is 18.9 Å². The second-order valence-corrected chi connectivity index (χ2v) is 4.24. The quantitative estimate of drug-likeness (QED) is 0.568. The Kier molecular flexibility index (Phi) is 1.16. The summed E-state index contributed by atoms with van der Waals surface area (Å²) in [6, 6.07) is 0. The predicted octanol–water partition coefficient (Wildman–Crippen LogP) is 0.176. The van der Waals surface area contributed by atoms with Gasteiger partial charge in [-0.1, -0.05) is 0 Å². The van der Waals surface area contributed by atoms with Gasteiger partial charge in [0.2, 0.25) is 0 Å². The molecule has 1 N–H and O–H groups in total. The van der Waals surface area contributed by atoms with Crippen molar-refractivity contribution in [2.75, 3.05) is 6.61 Å². The maximum atomic E-state index is 11.3. The first kappa shape index (κ1) is 6.89. The number of esters is 1. The topological polar surface area (TPSA) is 46.5 Å². The predicted molar refractivity (Wildman–Crippen MR) is 40.2 cm³/mol. The van der Waals surface area contributed by atoms with E-state index in [1.807, 2.05) is 0 Å². The van der Waals surface area contributed by atoms with Gasteiger partial charge in [-0.25, -0.2) is 0 Å². The molecule has 1 aliphatic heterocycles. The van der Waals surface area contributed by atoms with Crippen molar-refractivity contribution in [3.05, 3.63) is 0 Å². The molecule has 0 amide bonds. The first-order chi connectivity index (χ1) is 5.81. The number of aliphatic hydroxyl groups excluding tert-OH is 1. The van der Waals surface area contributed by atoms with Gasteiger partial charge in [0.25, 0.3) is 0 Å². The van der Waals surface area contributed by atoms with E-state index in [1.54, 1.807) is 0 Å². The van der Waals surface area contributed by atoms with Crippen molar-refractivity contribution >= 4 is 5.97 Å². The van der Waals surface area contributed by atoms with Gasteiger partial charge in [-0.05, 0) is 24.7 Å². The zero-order valence-electron chi connectivity index (χ0n) is 6.77. The van der Waals surface area contributed by atoms with E-state index in [2.05, 4.69) is 0 Å². The first-order valence-electron chi connectivity index (χ1n) is 4.62. The van der Waals surface area contributed by atoms with Crippen molar-refractivity contribution in [3.63, 3.8) is 0 Å². The Hall–Kier alpha value is -0.570. The van der Waals surface area contributed by atoms with Crippen LogP contribution < -0.4 is 0 Å². The molecule has 0 aromatic heterocycles. The maximum absolute atomic E-state index is 11.3. The van der Waals surface area contributed by atoms with Crippen LogP contribution in [0, 0.1) is 23.7 Å². The zero-order chi connectivity index (χ0) is 8.29. The smallest absolute Gasteiger partial charge is 0.310 e. The van der Waals surface area contributed by atoms with Crippen molar-refractivity contribution in [1.82, 2.24) is 0 Å². The summed E-state index contributed by atoms with van der Waals surface area (Å²) in [4.78, 5) is 11.3. The highest BCUT2D eigenvalue weighted by molar-refractivity contribution is 5.77. The summed E-state index contributed by atoms with van der Waals surface area (Å²) in [5.41, 5.74) is 0. The van der Waals surface area contributed by atoms with Crippen LogP contribution in [0.3, 0.4) is 0 Å². The molecule has 0 unspecified atom stereocenters. The molecule has 66 valence electrons. The van der Waals surface area contributed by atoms with E-state index in [0.29, 0.717) is 11.8 Å². The molecule has 3 rings (SSSR count). The van der Waals surface area contributed by atoms with Gasteiger partial charge in [0.15, 0.2) is 0 Å². The molecule has 0 aromatic carbocycles. The van der Waals surface area contributed by atoms with Crippen LogP contribution in [0.15, 0.2) is 0 Å². The van der Waals surface area contributed by atoms with E-state index >= 15 is 0 Å². The van der Waals surface area contributed by atoms with Crippen LogP contribution >= 0.6 is 0 Å². The molecule has 0 aromatic rings. The Morgan fingerprint density at radius 3 is 3.08 bits per heavy atom. The summed E-state index contributed by atoms with van der Waals surface area (Å²) in [7, 11) is 0. The standard InChI is InChI=1S/C9H12O3/c10-3-6-4-1-5-7(2-4)12-9(11)8(5)6/h4-8,10H,1-3H2/t4-,5-,6+,7-,8+/m1/s1. The molecule has 3 fully saturated rings. The van der Waals surface area contributed by atoms with Gasteiger partial charge in [0, 0.05) is 12.5 Å². The third-order valence-electron chi connectivity index (χ3n) is 3.87. The van der Waals surface area contributed by atoms with Gasteiger partial charge in [0.1, 0.15) is 6.10 Å². The first-order valence-corrected chi connectivity index (χ1v) is 4.62. The van der Waals surface area contributed by atoms with Gasteiger partial charge in [-0.15, -0.1) is 0 Å². The minimum absolute atomic E-state index is 0.0405. The fourth-order valence-electron chi connectivity index (χ4n) is 3.38. The Morgan fingerprint density at radius 2 is 2.33 bits per heavy atom. The van der Waals surface area contributed by atoms with Crippen LogP contribution in [0.1, 0.15) is 12.8 Å². The molecule has 1 saturated heterocycles. The molecule has 2 bridgehead atoms. The molecule has 1 heterocycles. The SMILES string of the molecule is O=C1O[C@@H]2C[C@H]3C[C@H]2[C@H]1[C@H]3CO. The monoisotopic (exact) mass is 168 g/mol. The number of fused-ring (bicyclic) bond motifs is 1. The molecule has 5 atom stereocenters. The second kappa shape index (κ2) is 2.02. The number of rotatable bonds is 1. The van der Waals surface area contributed by atoms with Crippen LogP contribution in [0.4, 0.5) is 0 Å². The van der Waals surface area contributed by atoms with Gasteiger partial charge in [-0.2, -0.15) is 0 Å². The van der Waals surface area contributed by atoms with Gasteiger partial charge in [-0.3, -0.25) is 4.79 Å². The van der Waals surface area contributed by atoms with Crippen molar-refractivity contribution in [3.8, 4) is 0 Å². The van der Waals surface area contributed by atoms with Crippen LogP contribution in [-0.2, 0) is 9.53 Å². The lowest BCUT2D eigenvalue weighted by atomic mass is 9.81. The lowest BCUT2D eigenvalue weighted by molar-refractivity contribution is -0.144. The Balaban J connectivity index is 1.98. The zero-order valence-corrected chi connectivity index (χ0v) is 6.77. The van der Waals surface area contributed by atoms with Gasteiger partial charge in [0.05, 0.1) is 5.92 Å². The van der Waals surface area contributed by atoms with E-state index in [0.717, 1.165) is 12.8 Å². The molecule has 2 aliphatic carbocycles. The summed E-state index contributed by atoms with van der Waals surface area (Å²) in [6.45, 7) is 0.160. The van der Waals surface area contributed by atoms with Crippen molar-refractivity contribution in [1.29, 1.82) is 0 Å². The highest BCUT2D eigenvalue weighted by atomic mass is 16.6. The van der Waals surface area contributed by atoms with E-state index in [1.165, 1.54) is 0 Å². The molecule has 2 saturated carbocycles. The fraction of sp³-hybridized carbons (Fsp3) is 0.889. The largest absolute Gasteiger partial charge is 0.462 e. The van der Waals surface area contributed by atoms with Crippen molar-refractivity contribution in [2.24, 2.45) is 23.7 Å². The third-order valence-corrected chi connectivity index (χ3v) is 3.87.